The number of imidazole rings is 2. The van der Waals surface area contributed by atoms with Gasteiger partial charge in [0.1, 0.15) is 11.5 Å². The summed E-state index contributed by atoms with van der Waals surface area (Å²) in [6.45, 7) is 0. The van der Waals surface area contributed by atoms with Crippen LogP contribution in [-0.2, 0) is 27.2 Å². The first kappa shape index (κ1) is 25.2. The van der Waals surface area contributed by atoms with Gasteiger partial charge >= 0.3 is 5.97 Å². The van der Waals surface area contributed by atoms with Gasteiger partial charge in [-0.05, 0) is 35.7 Å². The van der Waals surface area contributed by atoms with E-state index < -0.39 is 11.9 Å². The number of hydrogen-bond donors (Lipinski definition) is 1. The summed E-state index contributed by atoms with van der Waals surface area (Å²) in [5.41, 5.74) is 4.54. The Morgan fingerprint density at radius 2 is 1.68 bits per heavy atom. The van der Waals surface area contributed by atoms with E-state index in [1.54, 1.807) is 16.5 Å². The number of aryl methyl sites for hydroxylation is 1. The number of aromatic carboxylic acids is 1. The van der Waals surface area contributed by atoms with Gasteiger partial charge in [-0.3, -0.25) is 4.98 Å². The summed E-state index contributed by atoms with van der Waals surface area (Å²) in [6, 6.07) is 28.0. The fourth-order valence-corrected chi connectivity index (χ4v) is 4.62. The van der Waals surface area contributed by atoms with Crippen molar-refractivity contribution in [2.75, 3.05) is 0 Å². The molecule has 0 aliphatic heterocycles. The zero-order valence-corrected chi connectivity index (χ0v) is 22.4. The van der Waals surface area contributed by atoms with E-state index in [4.69, 9.17) is 10.1 Å². The first-order valence-corrected chi connectivity index (χ1v) is 11.5. The number of carboxylic acids is 1. The maximum absolute atomic E-state index is 14.0. The minimum Gasteiger partial charge on any atom is -0.477 e. The number of benzene rings is 3. The van der Waals surface area contributed by atoms with E-state index in [1.165, 1.54) is 18.5 Å². The van der Waals surface area contributed by atoms with Gasteiger partial charge in [-0.15, -0.1) is 18.2 Å². The predicted molar refractivity (Wildman–Crippen MR) is 140 cm³/mol. The Hall–Kier alpha value is -4.46. The molecule has 1 N–H and O–H groups in total. The molecule has 0 unspecified atom stereocenters. The number of pyridine rings is 2. The molecule has 0 aliphatic rings. The molecular weight excluding hydrogens is 662 g/mol. The second-order valence-corrected chi connectivity index (χ2v) is 8.42. The summed E-state index contributed by atoms with van der Waals surface area (Å²) in [7, 11) is 2.02. The molecule has 0 saturated carbocycles. The van der Waals surface area contributed by atoms with Crippen LogP contribution in [-0.4, -0.2) is 35.0 Å². The molecule has 0 amide bonds. The predicted octanol–water partition coefficient (Wildman–Crippen LogP) is 5.91. The van der Waals surface area contributed by atoms with Crippen molar-refractivity contribution in [2.24, 2.45) is 7.05 Å². The number of carbonyl (C=O) groups is 1. The van der Waals surface area contributed by atoms with Crippen molar-refractivity contribution in [2.45, 2.75) is 0 Å². The summed E-state index contributed by atoms with van der Waals surface area (Å²) < 4.78 is 17.9. The first-order valence-electron chi connectivity index (χ1n) is 11.5. The van der Waals surface area contributed by atoms with Crippen LogP contribution in [0, 0.1) is 12.0 Å². The second kappa shape index (κ2) is 10.1. The van der Waals surface area contributed by atoms with Crippen molar-refractivity contribution in [1.29, 1.82) is 0 Å². The third-order valence-electron chi connectivity index (χ3n) is 6.24. The Balaban J connectivity index is 0.000000253. The van der Waals surface area contributed by atoms with Gasteiger partial charge < -0.3 is 14.1 Å². The summed E-state index contributed by atoms with van der Waals surface area (Å²) in [6.07, 6.45) is 2.87. The maximum atomic E-state index is 14.0. The Morgan fingerprint density at radius 1 is 0.947 bits per heavy atom. The van der Waals surface area contributed by atoms with E-state index in [-0.39, 0.29) is 25.8 Å². The van der Waals surface area contributed by atoms with E-state index in [2.05, 4.69) is 32.7 Å². The average Bonchev–Trinajstić information content (AvgIpc) is 3.49. The molecule has 4 heterocycles. The van der Waals surface area contributed by atoms with Crippen LogP contribution in [0.4, 0.5) is 4.39 Å². The quantitative estimate of drug-likeness (QED) is 0.181. The van der Waals surface area contributed by atoms with Crippen molar-refractivity contribution in [1.82, 2.24) is 23.9 Å². The minimum atomic E-state index is -0.990. The van der Waals surface area contributed by atoms with Gasteiger partial charge in [-0.25, -0.2) is 14.8 Å². The van der Waals surface area contributed by atoms with Crippen LogP contribution in [0.3, 0.4) is 0 Å². The molecule has 9 heteroatoms. The number of para-hydroxylation sites is 3. The van der Waals surface area contributed by atoms with Gasteiger partial charge in [0.15, 0.2) is 0 Å². The number of aromatic nitrogens is 5. The number of rotatable bonds is 2. The molecule has 0 bridgehead atoms. The van der Waals surface area contributed by atoms with Crippen LogP contribution >= 0.6 is 0 Å². The summed E-state index contributed by atoms with van der Waals surface area (Å²) in [5, 5.41) is 11.1. The SMILES string of the molecule is Cn1c(-c2cc[c-]c3c2c2ccccc2n2cc(F)nc32)nc2ccccc21.O=C(O)c1ccccn1.[Ir]. The summed E-state index contributed by atoms with van der Waals surface area (Å²) >= 11 is 0. The van der Waals surface area contributed by atoms with Crippen molar-refractivity contribution in [3.63, 3.8) is 0 Å². The summed E-state index contributed by atoms with van der Waals surface area (Å²) in [4.78, 5) is 22.7. The Bertz CT molecular complexity index is 1950. The van der Waals surface area contributed by atoms with Crippen LogP contribution in [0.2, 0.25) is 0 Å². The minimum absolute atomic E-state index is 0. The maximum Gasteiger partial charge on any atom is 0.354 e. The van der Waals surface area contributed by atoms with Crippen molar-refractivity contribution < 1.29 is 34.4 Å². The fraction of sp³-hybridized carbons (Fsp3) is 0.0345. The Morgan fingerprint density at radius 3 is 2.39 bits per heavy atom. The second-order valence-electron chi connectivity index (χ2n) is 8.42. The average molecular weight is 681 g/mol. The van der Waals surface area contributed by atoms with Crippen LogP contribution < -0.4 is 0 Å². The topological polar surface area (TPSA) is 85.3 Å². The Labute approximate surface area is 229 Å². The van der Waals surface area contributed by atoms with E-state index >= 15 is 0 Å². The van der Waals surface area contributed by atoms with Gasteiger partial charge in [0.25, 0.3) is 0 Å². The molecule has 0 fully saturated rings. The number of carboxylic acid groups (broad SMARTS) is 1. The molecule has 7 aromatic rings. The fourth-order valence-electron chi connectivity index (χ4n) is 4.62. The van der Waals surface area contributed by atoms with E-state index in [1.807, 2.05) is 55.6 Å². The molecule has 38 heavy (non-hydrogen) atoms. The van der Waals surface area contributed by atoms with Gasteiger partial charge in [-0.1, -0.05) is 52.7 Å². The van der Waals surface area contributed by atoms with Crippen LogP contribution in [0.25, 0.3) is 49.7 Å². The molecule has 189 valence electrons. The zero-order valence-electron chi connectivity index (χ0n) is 20.0. The molecule has 0 spiro atoms. The monoisotopic (exact) mass is 681 g/mol. The molecule has 7 nitrogen and oxygen atoms in total. The molecule has 7 rings (SSSR count). The van der Waals surface area contributed by atoms with Gasteiger partial charge in [0, 0.05) is 38.9 Å². The molecule has 0 atom stereocenters. The molecular formula is C29H19FIrN5O2-. The van der Waals surface area contributed by atoms with Crippen molar-refractivity contribution in [3.05, 3.63) is 109 Å². The zero-order chi connectivity index (χ0) is 25.5. The molecule has 3 aromatic carbocycles. The van der Waals surface area contributed by atoms with Gasteiger partial charge in [0.05, 0.1) is 22.9 Å². The molecule has 1 radical (unpaired) electrons. The first-order chi connectivity index (χ1) is 18.0. The number of halogens is 1. The number of hydrogen-bond acceptors (Lipinski definition) is 4. The van der Waals surface area contributed by atoms with E-state index in [0.717, 1.165) is 44.1 Å². The third-order valence-corrected chi connectivity index (χ3v) is 6.24. The van der Waals surface area contributed by atoms with Gasteiger partial charge in [0.2, 0.25) is 5.95 Å². The standard InChI is InChI=1S/C23H14FN4.C6H5NO2.Ir/c1-27-19-12-5-3-10-17(19)25-22(27)15-8-6-9-16-21(15)14-7-2-4-11-18(14)28-13-20(24)26-23(16)28;8-6(9)5-3-1-2-4-7-5;/h2-8,10-13H,1H3;1-4H,(H,8,9);/q-1;;. The molecule has 4 aromatic heterocycles. The van der Waals surface area contributed by atoms with Crippen molar-refractivity contribution in [3.8, 4) is 11.4 Å². The smallest absolute Gasteiger partial charge is 0.354 e. The molecule has 0 aliphatic carbocycles. The number of fused-ring (bicyclic) bond motifs is 7. The largest absolute Gasteiger partial charge is 0.477 e. The Kier molecular flexibility index (Phi) is 6.71. The summed E-state index contributed by atoms with van der Waals surface area (Å²) in [5.74, 6) is -0.628. The van der Waals surface area contributed by atoms with E-state index in [0.29, 0.717) is 5.65 Å². The molecule has 0 saturated heterocycles. The van der Waals surface area contributed by atoms with Crippen LogP contribution in [0.5, 0.6) is 0 Å². The van der Waals surface area contributed by atoms with Crippen molar-refractivity contribution >= 4 is 44.3 Å². The van der Waals surface area contributed by atoms with Crippen LogP contribution in [0.1, 0.15) is 10.5 Å². The van der Waals surface area contributed by atoms with Gasteiger partial charge in [-0.2, -0.15) is 4.39 Å². The third kappa shape index (κ3) is 4.21. The normalized spacial score (nSPS) is 10.9. The number of nitrogens with zero attached hydrogens (tertiary/aromatic N) is 5. The van der Waals surface area contributed by atoms with Crippen LogP contribution in [0.15, 0.2) is 91.3 Å². The van der Waals surface area contributed by atoms with E-state index in [9.17, 15) is 9.18 Å².